The standard InChI is InChI=1S/C20H20N6O7/c1-27-15-8-16(28-2)23-20(22-15)32-12-6-5-7-13(19(12)14-10-21-11-31-14)33-26-24-17(29-3)9-18(25-26)30-4/h5-11,24H,1-4H3. The third-order valence-corrected chi connectivity index (χ3v) is 4.21. The molecule has 172 valence electrons. The molecule has 0 bridgehead atoms. The van der Waals surface area contributed by atoms with Crippen LogP contribution >= 0.6 is 0 Å². The van der Waals surface area contributed by atoms with Gasteiger partial charge in [-0.2, -0.15) is 9.97 Å². The minimum Gasteiger partial charge on any atom is -0.481 e. The maximum Gasteiger partial charge on any atom is 0.328 e. The molecule has 4 rings (SSSR count). The maximum absolute atomic E-state index is 5.95. The topological polar surface area (TPSA) is 135 Å². The van der Waals surface area contributed by atoms with Crippen LogP contribution in [0.25, 0.3) is 11.3 Å². The normalized spacial score (nSPS) is 12.8. The molecule has 13 heteroatoms. The van der Waals surface area contributed by atoms with Gasteiger partial charge in [0.25, 0.3) is 0 Å². The second-order valence-electron chi connectivity index (χ2n) is 6.16. The Labute approximate surface area is 188 Å². The highest BCUT2D eigenvalue weighted by Crippen LogP contribution is 2.40. The molecule has 0 amide bonds. The Morgan fingerprint density at radius 1 is 0.939 bits per heavy atom. The zero-order valence-corrected chi connectivity index (χ0v) is 18.1. The van der Waals surface area contributed by atoms with Crippen molar-refractivity contribution in [2.24, 2.45) is 5.10 Å². The van der Waals surface area contributed by atoms with Crippen LogP contribution in [0.15, 0.2) is 58.3 Å². The SMILES string of the molecule is COC1=CC(OC)=NN(Oc2cccc(Oc3nc(OC)cc(OC)n3)c2-c2cnco2)N1. The smallest absolute Gasteiger partial charge is 0.328 e. The second kappa shape index (κ2) is 9.64. The Bertz CT molecular complexity index is 1140. The van der Waals surface area contributed by atoms with E-state index in [0.717, 1.165) is 5.28 Å². The van der Waals surface area contributed by atoms with Crippen molar-refractivity contribution in [3.63, 3.8) is 0 Å². The number of hydrazone groups is 1. The molecule has 33 heavy (non-hydrogen) atoms. The van der Waals surface area contributed by atoms with E-state index in [4.69, 9.17) is 32.9 Å². The second-order valence-corrected chi connectivity index (χ2v) is 6.16. The molecular formula is C20H20N6O7. The first kappa shape index (κ1) is 21.5. The molecule has 3 heterocycles. The van der Waals surface area contributed by atoms with Gasteiger partial charge in [-0.15, -0.1) is 0 Å². The molecule has 0 spiro atoms. The highest BCUT2D eigenvalue weighted by atomic mass is 16.7. The van der Waals surface area contributed by atoms with Crippen molar-refractivity contribution in [3.8, 4) is 40.6 Å². The monoisotopic (exact) mass is 456 g/mol. The van der Waals surface area contributed by atoms with E-state index in [2.05, 4.69) is 25.5 Å². The molecule has 0 aliphatic carbocycles. The summed E-state index contributed by atoms with van der Waals surface area (Å²) in [6, 6.07) is 6.60. The van der Waals surface area contributed by atoms with Gasteiger partial charge in [-0.05, 0) is 17.4 Å². The van der Waals surface area contributed by atoms with Crippen LogP contribution in [0.2, 0.25) is 0 Å². The molecule has 1 aliphatic rings. The van der Waals surface area contributed by atoms with Crippen molar-refractivity contribution >= 4 is 5.90 Å². The minimum absolute atomic E-state index is 0.00972. The third kappa shape index (κ3) is 4.81. The summed E-state index contributed by atoms with van der Waals surface area (Å²) in [5.41, 5.74) is 3.25. The lowest BCUT2D eigenvalue weighted by Crippen LogP contribution is -2.40. The molecule has 13 nitrogen and oxygen atoms in total. The first-order chi connectivity index (χ1) is 16.1. The Morgan fingerprint density at radius 2 is 1.70 bits per heavy atom. The zero-order chi connectivity index (χ0) is 23.2. The van der Waals surface area contributed by atoms with E-state index in [1.807, 2.05) is 0 Å². The summed E-state index contributed by atoms with van der Waals surface area (Å²) >= 11 is 0. The number of methoxy groups -OCH3 is 4. The van der Waals surface area contributed by atoms with Gasteiger partial charge in [-0.25, -0.2) is 10.4 Å². The first-order valence-electron chi connectivity index (χ1n) is 9.43. The fourth-order valence-corrected chi connectivity index (χ4v) is 2.71. The number of benzene rings is 1. The lowest BCUT2D eigenvalue weighted by Gasteiger charge is -2.25. The number of hydrazine groups is 1. The van der Waals surface area contributed by atoms with E-state index in [1.165, 1.54) is 47.1 Å². The molecule has 1 aliphatic heterocycles. The fraction of sp³-hybridized carbons (Fsp3) is 0.200. The van der Waals surface area contributed by atoms with Crippen LogP contribution in [-0.2, 0) is 9.47 Å². The predicted molar refractivity (Wildman–Crippen MR) is 112 cm³/mol. The lowest BCUT2D eigenvalue weighted by atomic mass is 10.1. The molecule has 0 atom stereocenters. The van der Waals surface area contributed by atoms with Crippen LogP contribution < -0.4 is 24.5 Å². The average molecular weight is 456 g/mol. The molecule has 0 saturated carbocycles. The minimum atomic E-state index is -0.00972. The molecule has 0 radical (unpaired) electrons. The lowest BCUT2D eigenvalue weighted by molar-refractivity contribution is -0.111. The van der Waals surface area contributed by atoms with Crippen molar-refractivity contribution in [1.29, 1.82) is 0 Å². The zero-order valence-electron chi connectivity index (χ0n) is 18.1. The fourth-order valence-electron chi connectivity index (χ4n) is 2.71. The van der Waals surface area contributed by atoms with Gasteiger partial charge in [0, 0.05) is 0 Å². The Hall–Kier alpha value is -4.68. The van der Waals surface area contributed by atoms with Crippen LogP contribution in [0, 0.1) is 0 Å². The van der Waals surface area contributed by atoms with E-state index < -0.39 is 0 Å². The molecule has 0 fully saturated rings. The van der Waals surface area contributed by atoms with Crippen LogP contribution in [0.3, 0.4) is 0 Å². The summed E-state index contributed by atoms with van der Waals surface area (Å²) in [5.74, 6) is 2.14. The highest BCUT2D eigenvalue weighted by Gasteiger charge is 2.23. The quantitative estimate of drug-likeness (QED) is 0.533. The van der Waals surface area contributed by atoms with Gasteiger partial charge in [0.05, 0.1) is 46.8 Å². The van der Waals surface area contributed by atoms with Crippen LogP contribution in [0.1, 0.15) is 0 Å². The number of nitrogens with one attached hydrogen (secondary N) is 1. The van der Waals surface area contributed by atoms with Crippen molar-refractivity contribution < 1.29 is 32.9 Å². The summed E-state index contributed by atoms with van der Waals surface area (Å²) in [6.07, 6.45) is 4.35. The summed E-state index contributed by atoms with van der Waals surface area (Å²) in [5, 5.41) is 5.24. The third-order valence-electron chi connectivity index (χ3n) is 4.21. The number of aromatic nitrogens is 3. The van der Waals surface area contributed by atoms with Crippen LogP contribution in [0.4, 0.5) is 0 Å². The van der Waals surface area contributed by atoms with Gasteiger partial charge >= 0.3 is 6.01 Å². The van der Waals surface area contributed by atoms with Gasteiger partial charge in [0.2, 0.25) is 23.5 Å². The van der Waals surface area contributed by atoms with Gasteiger partial charge in [0.1, 0.15) is 11.3 Å². The predicted octanol–water partition coefficient (Wildman–Crippen LogP) is 2.50. The highest BCUT2D eigenvalue weighted by molar-refractivity contribution is 5.88. The van der Waals surface area contributed by atoms with E-state index in [1.54, 1.807) is 24.3 Å². The largest absolute Gasteiger partial charge is 0.481 e. The average Bonchev–Trinajstić information content (AvgIpc) is 3.38. The summed E-state index contributed by atoms with van der Waals surface area (Å²) in [7, 11) is 5.92. The van der Waals surface area contributed by atoms with Crippen molar-refractivity contribution in [1.82, 2.24) is 25.7 Å². The Morgan fingerprint density at radius 3 is 2.33 bits per heavy atom. The van der Waals surface area contributed by atoms with Crippen molar-refractivity contribution in [3.05, 3.63) is 48.8 Å². The van der Waals surface area contributed by atoms with Gasteiger partial charge < -0.3 is 32.9 Å². The first-order valence-corrected chi connectivity index (χ1v) is 9.43. The Kier molecular flexibility index (Phi) is 6.29. The molecule has 2 aromatic heterocycles. The molecule has 3 aromatic rings. The Balaban J connectivity index is 1.71. The van der Waals surface area contributed by atoms with E-state index in [0.29, 0.717) is 28.7 Å². The van der Waals surface area contributed by atoms with Gasteiger partial charge in [-0.3, -0.25) is 0 Å². The number of rotatable bonds is 8. The van der Waals surface area contributed by atoms with E-state index in [9.17, 15) is 0 Å². The molecule has 1 N–H and O–H groups in total. The van der Waals surface area contributed by atoms with Crippen LogP contribution in [-0.4, -0.2) is 54.6 Å². The van der Waals surface area contributed by atoms with E-state index >= 15 is 0 Å². The number of hydrogen-bond donors (Lipinski definition) is 1. The molecular weight excluding hydrogens is 436 g/mol. The molecule has 0 unspecified atom stereocenters. The number of ether oxygens (including phenoxy) is 5. The van der Waals surface area contributed by atoms with E-state index in [-0.39, 0.29) is 23.7 Å². The summed E-state index contributed by atoms with van der Waals surface area (Å²) < 4.78 is 32.2. The molecule has 0 saturated heterocycles. The molecule has 1 aromatic carbocycles. The summed E-state index contributed by atoms with van der Waals surface area (Å²) in [6.45, 7) is 0. The number of nitrogens with zero attached hydrogens (tertiary/aromatic N) is 5. The summed E-state index contributed by atoms with van der Waals surface area (Å²) in [4.78, 5) is 18.3. The van der Waals surface area contributed by atoms with Crippen molar-refractivity contribution in [2.45, 2.75) is 0 Å². The number of oxazole rings is 1. The van der Waals surface area contributed by atoms with Crippen molar-refractivity contribution in [2.75, 3.05) is 28.4 Å². The van der Waals surface area contributed by atoms with Gasteiger partial charge in [0.15, 0.2) is 17.9 Å². The van der Waals surface area contributed by atoms with Gasteiger partial charge in [-0.1, -0.05) is 11.2 Å². The van der Waals surface area contributed by atoms with Crippen LogP contribution in [0.5, 0.6) is 29.3 Å². The number of hydrogen-bond acceptors (Lipinski definition) is 13. The maximum atomic E-state index is 5.95.